The Morgan fingerprint density at radius 2 is 2.05 bits per heavy atom. The van der Waals surface area contributed by atoms with E-state index < -0.39 is 33.8 Å². The smallest absolute Gasteiger partial charge is 0.326 e. The van der Waals surface area contributed by atoms with Crippen molar-refractivity contribution in [1.29, 1.82) is 0 Å². The highest BCUT2D eigenvalue weighted by atomic mass is 35.5. The number of hydrogen-bond donors (Lipinski definition) is 3. The molecule has 41 heavy (non-hydrogen) atoms. The number of furan rings is 1. The van der Waals surface area contributed by atoms with Crippen molar-refractivity contribution in [1.82, 2.24) is 15.5 Å². The second kappa shape index (κ2) is 11.1. The summed E-state index contributed by atoms with van der Waals surface area (Å²) >= 11 is 13.0. The second-order valence-electron chi connectivity index (χ2n) is 9.93. The molecule has 0 fully saturated rings. The number of carboxylic acids is 1. The van der Waals surface area contributed by atoms with E-state index >= 15 is 0 Å². The van der Waals surface area contributed by atoms with Gasteiger partial charge in [-0.2, -0.15) is 0 Å². The fourth-order valence-electron chi connectivity index (χ4n) is 5.02. The summed E-state index contributed by atoms with van der Waals surface area (Å²) in [5.41, 5.74) is 1.83. The molecular weight excluding hydrogens is 600 g/mol. The van der Waals surface area contributed by atoms with E-state index in [4.69, 9.17) is 27.6 Å². The van der Waals surface area contributed by atoms with E-state index in [1.165, 1.54) is 30.4 Å². The van der Waals surface area contributed by atoms with Gasteiger partial charge in [0.05, 0.1) is 21.7 Å². The summed E-state index contributed by atoms with van der Waals surface area (Å²) in [6, 6.07) is 1.72. The molecule has 2 aliphatic heterocycles. The Hall–Kier alpha value is -3.45. The van der Waals surface area contributed by atoms with Gasteiger partial charge in [-0.3, -0.25) is 14.9 Å². The van der Waals surface area contributed by atoms with Crippen LogP contribution in [0.4, 0.5) is 4.39 Å². The summed E-state index contributed by atoms with van der Waals surface area (Å²) in [5.74, 6) is -2.74. The Morgan fingerprint density at radius 3 is 2.73 bits per heavy atom. The van der Waals surface area contributed by atoms with Crippen molar-refractivity contribution in [3.63, 3.8) is 0 Å². The Labute approximate surface area is 244 Å². The average Bonchev–Trinajstić information content (AvgIpc) is 3.54. The highest BCUT2D eigenvalue weighted by Gasteiger charge is 2.35. The third-order valence-corrected chi connectivity index (χ3v) is 8.72. The zero-order valence-electron chi connectivity index (χ0n) is 21.5. The summed E-state index contributed by atoms with van der Waals surface area (Å²) in [5, 5.41) is 14.9. The number of carboxylic acid groups (broad SMARTS) is 1. The standard InChI is InChI=1S/C27H24Cl2FN3O7S/c1-41(38,39)22-5-3-16(40-22)11-21(27(36)37)32-25(34)23-18(28)9-14-12-33(7-6-17(14)24(23)29)26(35)20-10-13-8-15(30)2-4-19(13)31-20/h2-5,8-10,19-21,31H,6-7,11-12H2,1H3,(H,32,34)(H,36,37)/t19?,20?,21-/m0/s1. The van der Waals surface area contributed by atoms with Crippen LogP contribution in [0.5, 0.6) is 0 Å². The van der Waals surface area contributed by atoms with Crippen LogP contribution in [0.2, 0.25) is 10.0 Å². The lowest BCUT2D eigenvalue weighted by atomic mass is 9.96. The SMILES string of the molecule is CS(=O)(=O)c1ccc(C[C@H](NC(=O)c2c(Cl)cc3c(c2Cl)CCN(C(=O)C2C=C4C=C(F)C=CC4N2)C3)C(=O)O)o1. The van der Waals surface area contributed by atoms with Gasteiger partial charge in [0, 0.05) is 25.8 Å². The lowest BCUT2D eigenvalue weighted by Crippen LogP contribution is -2.47. The maximum absolute atomic E-state index is 13.6. The number of rotatable bonds is 7. The minimum absolute atomic E-state index is 0.0278. The number of allylic oxidation sites excluding steroid dienone is 2. The molecule has 3 N–H and O–H groups in total. The highest BCUT2D eigenvalue weighted by molar-refractivity contribution is 7.90. The van der Waals surface area contributed by atoms with Gasteiger partial charge in [0.15, 0.2) is 0 Å². The molecule has 2 amide bonds. The maximum Gasteiger partial charge on any atom is 0.326 e. The van der Waals surface area contributed by atoms with Crippen LogP contribution in [0, 0.1) is 0 Å². The zero-order valence-corrected chi connectivity index (χ0v) is 23.8. The van der Waals surface area contributed by atoms with E-state index in [9.17, 15) is 32.3 Å². The van der Waals surface area contributed by atoms with E-state index in [1.54, 1.807) is 17.1 Å². The lowest BCUT2D eigenvalue weighted by molar-refractivity contribution is -0.139. The van der Waals surface area contributed by atoms with Crippen LogP contribution < -0.4 is 10.6 Å². The van der Waals surface area contributed by atoms with Crippen molar-refractivity contribution in [3.8, 4) is 0 Å². The van der Waals surface area contributed by atoms with Gasteiger partial charge in [0.2, 0.25) is 20.8 Å². The van der Waals surface area contributed by atoms with Crippen molar-refractivity contribution in [3.05, 3.63) is 86.4 Å². The molecule has 0 radical (unpaired) electrons. The average molecular weight is 624 g/mol. The molecule has 0 bridgehead atoms. The fraction of sp³-hybridized carbons (Fsp3) is 0.296. The monoisotopic (exact) mass is 623 g/mol. The topological polar surface area (TPSA) is 146 Å². The molecule has 0 saturated heterocycles. The fourth-order valence-corrected chi connectivity index (χ4v) is 6.36. The molecule has 0 saturated carbocycles. The Morgan fingerprint density at radius 1 is 1.29 bits per heavy atom. The number of benzene rings is 1. The number of amides is 2. The first-order valence-electron chi connectivity index (χ1n) is 12.5. The molecular formula is C27H24Cl2FN3O7S. The number of aliphatic carboxylic acids is 1. The third-order valence-electron chi connectivity index (χ3n) is 7.05. The van der Waals surface area contributed by atoms with Crippen LogP contribution in [0.3, 0.4) is 0 Å². The summed E-state index contributed by atoms with van der Waals surface area (Å²) in [7, 11) is -3.63. The van der Waals surface area contributed by atoms with Crippen molar-refractivity contribution in [2.75, 3.05) is 12.8 Å². The molecule has 2 aromatic rings. The molecule has 216 valence electrons. The van der Waals surface area contributed by atoms with Crippen molar-refractivity contribution in [2.24, 2.45) is 0 Å². The summed E-state index contributed by atoms with van der Waals surface area (Å²) in [6.45, 7) is 0.486. The van der Waals surface area contributed by atoms with Gasteiger partial charge < -0.3 is 19.7 Å². The summed E-state index contributed by atoms with van der Waals surface area (Å²) in [4.78, 5) is 39.9. The minimum Gasteiger partial charge on any atom is -0.480 e. The largest absolute Gasteiger partial charge is 0.480 e. The van der Waals surface area contributed by atoms with Gasteiger partial charge in [-0.25, -0.2) is 17.6 Å². The Balaban J connectivity index is 1.30. The molecule has 0 spiro atoms. The van der Waals surface area contributed by atoms with Crippen LogP contribution in [0.25, 0.3) is 0 Å². The van der Waals surface area contributed by atoms with E-state index in [2.05, 4.69) is 10.6 Å². The summed E-state index contributed by atoms with van der Waals surface area (Å²) < 4.78 is 42.1. The number of nitrogens with one attached hydrogen (secondary N) is 2. The number of halogens is 3. The quantitative estimate of drug-likeness (QED) is 0.427. The molecule has 10 nitrogen and oxygen atoms in total. The van der Waals surface area contributed by atoms with Gasteiger partial charge in [0.1, 0.15) is 23.7 Å². The predicted molar refractivity (Wildman–Crippen MR) is 147 cm³/mol. The first-order chi connectivity index (χ1) is 19.3. The molecule has 3 atom stereocenters. The number of carbonyl (C=O) groups excluding carboxylic acids is 2. The second-order valence-corrected chi connectivity index (χ2v) is 12.7. The molecule has 2 unspecified atom stereocenters. The van der Waals surface area contributed by atoms with E-state index in [1.807, 2.05) is 0 Å². The number of fused-ring (bicyclic) bond motifs is 2. The predicted octanol–water partition coefficient (Wildman–Crippen LogP) is 2.99. The molecule has 3 heterocycles. The first kappa shape index (κ1) is 29.1. The van der Waals surface area contributed by atoms with E-state index in [-0.39, 0.29) is 57.2 Å². The van der Waals surface area contributed by atoms with E-state index in [0.29, 0.717) is 29.7 Å². The van der Waals surface area contributed by atoms with Crippen molar-refractivity contribution < 1.29 is 36.7 Å². The minimum atomic E-state index is -3.63. The van der Waals surface area contributed by atoms with Gasteiger partial charge in [0.25, 0.3) is 5.91 Å². The maximum atomic E-state index is 13.6. The van der Waals surface area contributed by atoms with Crippen molar-refractivity contribution in [2.45, 2.75) is 42.6 Å². The number of carbonyl (C=O) groups is 3. The molecule has 5 rings (SSSR count). The zero-order chi connectivity index (χ0) is 29.6. The lowest BCUT2D eigenvalue weighted by Gasteiger charge is -2.32. The molecule has 1 aliphatic carbocycles. The first-order valence-corrected chi connectivity index (χ1v) is 15.1. The van der Waals surface area contributed by atoms with Crippen LogP contribution in [-0.4, -0.2) is 67.1 Å². The van der Waals surface area contributed by atoms with Crippen LogP contribution in [-0.2, 0) is 38.8 Å². The highest BCUT2D eigenvalue weighted by Crippen LogP contribution is 2.35. The van der Waals surface area contributed by atoms with Gasteiger partial charge in [-0.15, -0.1) is 0 Å². The van der Waals surface area contributed by atoms with Gasteiger partial charge >= 0.3 is 5.97 Å². The van der Waals surface area contributed by atoms with Gasteiger partial charge in [-0.05, 0) is 53.5 Å². The molecule has 1 aromatic carbocycles. The molecule has 3 aliphatic rings. The Bertz CT molecular complexity index is 1660. The van der Waals surface area contributed by atoms with Crippen molar-refractivity contribution >= 4 is 50.8 Å². The van der Waals surface area contributed by atoms with Crippen LogP contribution in [0.1, 0.15) is 27.2 Å². The number of sulfone groups is 1. The number of hydrogen-bond acceptors (Lipinski definition) is 7. The van der Waals surface area contributed by atoms with Crippen LogP contribution >= 0.6 is 23.2 Å². The normalized spacial score (nSPS) is 20.5. The third kappa shape index (κ3) is 5.96. The number of nitrogens with zero attached hydrogens (tertiary/aromatic N) is 1. The van der Waals surface area contributed by atoms with E-state index in [0.717, 1.165) is 6.26 Å². The van der Waals surface area contributed by atoms with Crippen LogP contribution in [0.15, 0.2) is 63.4 Å². The summed E-state index contributed by atoms with van der Waals surface area (Å²) in [6.07, 6.45) is 7.04. The Kier molecular flexibility index (Phi) is 7.86. The molecule has 1 aromatic heterocycles. The van der Waals surface area contributed by atoms with Gasteiger partial charge in [-0.1, -0.05) is 35.4 Å². The molecule has 14 heteroatoms.